The molecule has 2 rings (SSSR count). The number of carbonyl (C=O) groups is 1. The van der Waals surface area contributed by atoms with E-state index in [0.29, 0.717) is 26.2 Å². The van der Waals surface area contributed by atoms with Crippen molar-refractivity contribution in [2.45, 2.75) is 25.9 Å². The number of aliphatic hydroxyl groups is 1. The summed E-state index contributed by atoms with van der Waals surface area (Å²) in [7, 11) is 0. The lowest BCUT2D eigenvalue weighted by molar-refractivity contribution is -0.138. The van der Waals surface area contributed by atoms with E-state index in [1.165, 1.54) is 5.56 Å². The van der Waals surface area contributed by atoms with Crippen LogP contribution in [0.15, 0.2) is 30.3 Å². The van der Waals surface area contributed by atoms with Crippen LogP contribution in [0.3, 0.4) is 0 Å². The number of β-amino-alcohol motifs (C(OH)–C–C–N with tert-alkyl or cyclic N) is 1. The van der Waals surface area contributed by atoms with Gasteiger partial charge in [-0.25, -0.2) is 0 Å². The molecule has 1 fully saturated rings. The van der Waals surface area contributed by atoms with Crippen molar-refractivity contribution in [2.24, 2.45) is 0 Å². The minimum absolute atomic E-state index is 0.0565. The van der Waals surface area contributed by atoms with Gasteiger partial charge in [0, 0.05) is 32.7 Å². The topological polar surface area (TPSA) is 53.0 Å². The molecule has 0 aliphatic carbocycles. The van der Waals surface area contributed by atoms with Crippen molar-refractivity contribution >= 4 is 5.91 Å². The van der Waals surface area contributed by atoms with Gasteiger partial charge in [0.15, 0.2) is 0 Å². The van der Waals surface area contributed by atoms with Crippen molar-refractivity contribution in [3.8, 4) is 0 Å². The molecule has 1 saturated heterocycles. The van der Waals surface area contributed by atoms with E-state index in [1.54, 1.807) is 0 Å². The SMILES string of the molecule is CC(C)(O)CN1CCN(C(=O)COCCc2ccccc2)CC1. The molecule has 5 heteroatoms. The second-order valence-corrected chi connectivity index (χ2v) is 6.76. The molecule has 1 N–H and O–H groups in total. The molecule has 1 amide bonds. The van der Waals surface area contributed by atoms with E-state index in [4.69, 9.17) is 4.74 Å². The number of amides is 1. The van der Waals surface area contributed by atoms with Gasteiger partial charge in [-0.2, -0.15) is 0 Å². The maximum atomic E-state index is 12.1. The molecule has 23 heavy (non-hydrogen) atoms. The summed E-state index contributed by atoms with van der Waals surface area (Å²) in [6, 6.07) is 10.1. The van der Waals surface area contributed by atoms with Crippen LogP contribution >= 0.6 is 0 Å². The second kappa shape index (κ2) is 8.43. The Labute approximate surface area is 138 Å². The van der Waals surface area contributed by atoms with Crippen LogP contribution in [-0.4, -0.2) is 72.4 Å². The number of rotatable bonds is 7. The molecule has 0 saturated carbocycles. The van der Waals surface area contributed by atoms with Crippen molar-refractivity contribution in [1.29, 1.82) is 0 Å². The monoisotopic (exact) mass is 320 g/mol. The highest BCUT2D eigenvalue weighted by Crippen LogP contribution is 2.09. The van der Waals surface area contributed by atoms with E-state index in [0.717, 1.165) is 19.5 Å². The maximum absolute atomic E-state index is 12.1. The molecule has 1 aromatic rings. The van der Waals surface area contributed by atoms with E-state index in [9.17, 15) is 9.90 Å². The second-order valence-electron chi connectivity index (χ2n) is 6.76. The van der Waals surface area contributed by atoms with Gasteiger partial charge in [-0.15, -0.1) is 0 Å². The number of ether oxygens (including phenoxy) is 1. The normalized spacial score (nSPS) is 16.6. The van der Waals surface area contributed by atoms with Crippen LogP contribution in [-0.2, 0) is 16.0 Å². The standard InChI is InChI=1S/C18H28N2O3/c1-18(2,22)15-19-9-11-20(12-10-19)17(21)14-23-13-8-16-6-4-3-5-7-16/h3-7,22H,8-15H2,1-2H3. The average Bonchev–Trinajstić information content (AvgIpc) is 2.51. The van der Waals surface area contributed by atoms with Crippen molar-refractivity contribution in [3.63, 3.8) is 0 Å². The molecule has 0 bridgehead atoms. The molecule has 0 unspecified atom stereocenters. The van der Waals surface area contributed by atoms with Gasteiger partial charge in [0.05, 0.1) is 12.2 Å². The third kappa shape index (κ3) is 6.69. The highest BCUT2D eigenvalue weighted by atomic mass is 16.5. The first-order valence-corrected chi connectivity index (χ1v) is 8.28. The first-order valence-electron chi connectivity index (χ1n) is 8.28. The molecule has 5 nitrogen and oxygen atoms in total. The molecule has 128 valence electrons. The Kier molecular flexibility index (Phi) is 6.57. The molecule has 1 aliphatic heterocycles. The Morgan fingerprint density at radius 3 is 2.43 bits per heavy atom. The minimum atomic E-state index is -0.688. The summed E-state index contributed by atoms with van der Waals surface area (Å²) in [6.45, 7) is 8.00. The smallest absolute Gasteiger partial charge is 0.248 e. The third-order valence-corrected chi connectivity index (χ3v) is 3.94. The molecule has 0 radical (unpaired) electrons. The van der Waals surface area contributed by atoms with E-state index in [1.807, 2.05) is 36.9 Å². The summed E-state index contributed by atoms with van der Waals surface area (Å²) >= 11 is 0. The maximum Gasteiger partial charge on any atom is 0.248 e. The van der Waals surface area contributed by atoms with Crippen LogP contribution in [0.4, 0.5) is 0 Å². The van der Waals surface area contributed by atoms with Crippen molar-refractivity contribution in [2.75, 3.05) is 45.9 Å². The lowest BCUT2D eigenvalue weighted by atomic mass is 10.1. The van der Waals surface area contributed by atoms with E-state index in [-0.39, 0.29) is 12.5 Å². The highest BCUT2D eigenvalue weighted by Gasteiger charge is 2.24. The zero-order valence-corrected chi connectivity index (χ0v) is 14.2. The molecule has 1 aliphatic rings. The summed E-state index contributed by atoms with van der Waals surface area (Å²) in [6.07, 6.45) is 0.827. The van der Waals surface area contributed by atoms with E-state index < -0.39 is 5.60 Å². The Hall–Kier alpha value is -1.43. The predicted octanol–water partition coefficient (Wildman–Crippen LogP) is 1.16. The number of carbonyl (C=O) groups excluding carboxylic acids is 1. The Balaban J connectivity index is 1.61. The van der Waals surface area contributed by atoms with Crippen LogP contribution in [0.25, 0.3) is 0 Å². The van der Waals surface area contributed by atoms with Crippen LogP contribution in [0.1, 0.15) is 19.4 Å². The van der Waals surface area contributed by atoms with Gasteiger partial charge in [-0.05, 0) is 25.8 Å². The number of hydrogen-bond acceptors (Lipinski definition) is 4. The van der Waals surface area contributed by atoms with E-state index >= 15 is 0 Å². The van der Waals surface area contributed by atoms with Crippen LogP contribution in [0.2, 0.25) is 0 Å². The van der Waals surface area contributed by atoms with Gasteiger partial charge in [-0.1, -0.05) is 30.3 Å². The van der Waals surface area contributed by atoms with Crippen LogP contribution in [0.5, 0.6) is 0 Å². The predicted molar refractivity (Wildman–Crippen MR) is 90.3 cm³/mol. The molecular formula is C18H28N2O3. The quantitative estimate of drug-likeness (QED) is 0.766. The fourth-order valence-electron chi connectivity index (χ4n) is 2.79. The van der Waals surface area contributed by atoms with Crippen molar-refractivity contribution in [3.05, 3.63) is 35.9 Å². The molecular weight excluding hydrogens is 292 g/mol. The number of hydrogen-bond donors (Lipinski definition) is 1. The minimum Gasteiger partial charge on any atom is -0.389 e. The van der Waals surface area contributed by atoms with Gasteiger partial charge in [-0.3, -0.25) is 9.69 Å². The number of piperazine rings is 1. The molecule has 1 heterocycles. The molecule has 0 atom stereocenters. The fraction of sp³-hybridized carbons (Fsp3) is 0.611. The highest BCUT2D eigenvalue weighted by molar-refractivity contribution is 5.77. The first-order chi connectivity index (χ1) is 10.9. The van der Waals surface area contributed by atoms with Gasteiger partial charge in [0.1, 0.15) is 6.61 Å². The van der Waals surface area contributed by atoms with Gasteiger partial charge >= 0.3 is 0 Å². The third-order valence-electron chi connectivity index (χ3n) is 3.94. The zero-order valence-electron chi connectivity index (χ0n) is 14.2. The summed E-state index contributed by atoms with van der Waals surface area (Å²) in [5.41, 5.74) is 0.535. The zero-order chi connectivity index (χ0) is 16.7. The lowest BCUT2D eigenvalue weighted by Crippen LogP contribution is -2.52. The van der Waals surface area contributed by atoms with Crippen molar-refractivity contribution in [1.82, 2.24) is 9.80 Å². The van der Waals surface area contributed by atoms with Crippen molar-refractivity contribution < 1.29 is 14.6 Å². The van der Waals surface area contributed by atoms with Gasteiger partial charge in [0.25, 0.3) is 0 Å². The largest absolute Gasteiger partial charge is 0.389 e. The molecule has 1 aromatic carbocycles. The first kappa shape index (κ1) is 17.9. The number of benzene rings is 1. The number of nitrogens with zero attached hydrogens (tertiary/aromatic N) is 2. The summed E-state index contributed by atoms with van der Waals surface area (Å²) < 4.78 is 5.52. The Morgan fingerprint density at radius 2 is 1.83 bits per heavy atom. The van der Waals surface area contributed by atoms with Gasteiger partial charge in [0.2, 0.25) is 5.91 Å². The Morgan fingerprint density at radius 1 is 1.17 bits per heavy atom. The van der Waals surface area contributed by atoms with Gasteiger partial charge < -0.3 is 14.7 Å². The van der Waals surface area contributed by atoms with Crippen LogP contribution in [0, 0.1) is 0 Å². The molecule has 0 aromatic heterocycles. The Bertz CT molecular complexity index is 477. The summed E-state index contributed by atoms with van der Waals surface area (Å²) in [5, 5.41) is 9.84. The molecule has 0 spiro atoms. The van der Waals surface area contributed by atoms with Crippen LogP contribution < -0.4 is 0 Å². The van der Waals surface area contributed by atoms with E-state index in [2.05, 4.69) is 17.0 Å². The fourth-order valence-corrected chi connectivity index (χ4v) is 2.79. The lowest BCUT2D eigenvalue weighted by Gasteiger charge is -2.37. The average molecular weight is 320 g/mol. The summed E-state index contributed by atoms with van der Waals surface area (Å²) in [4.78, 5) is 16.2. The summed E-state index contributed by atoms with van der Waals surface area (Å²) in [5.74, 6) is 0.0565.